The highest BCUT2D eigenvalue weighted by Gasteiger charge is 2.67. The van der Waals surface area contributed by atoms with Gasteiger partial charge in [0.1, 0.15) is 49.8 Å². The van der Waals surface area contributed by atoms with Crippen LogP contribution in [0.15, 0.2) is 30.5 Å². The number of hydrogen-bond donors (Lipinski definition) is 1. The Balaban J connectivity index is 1.22. The lowest BCUT2D eigenvalue weighted by atomic mass is 9.89. The Morgan fingerprint density at radius 2 is 1.84 bits per heavy atom. The second-order valence-corrected chi connectivity index (χ2v) is 23.7. The van der Waals surface area contributed by atoms with Crippen LogP contribution in [-0.4, -0.2) is 91.3 Å². The van der Waals surface area contributed by atoms with Crippen molar-refractivity contribution in [3.05, 3.63) is 47.7 Å². The van der Waals surface area contributed by atoms with Gasteiger partial charge >= 0.3 is 6.01 Å². The summed E-state index contributed by atoms with van der Waals surface area (Å²) in [5.74, 6) is 1.54. The molecular formula is C44H52F4N6O2Si. The molecule has 5 fully saturated rings. The van der Waals surface area contributed by atoms with Crippen LogP contribution in [0.5, 0.6) is 6.01 Å². The monoisotopic (exact) mass is 802 g/mol. The molecule has 302 valence electrons. The number of alkyl halides is 2. The summed E-state index contributed by atoms with van der Waals surface area (Å²) in [7, 11) is -2.33. The van der Waals surface area contributed by atoms with Crippen molar-refractivity contribution < 1.29 is 29.8 Å². The van der Waals surface area contributed by atoms with Gasteiger partial charge in [-0.2, -0.15) is 9.97 Å². The molecule has 8 nitrogen and oxygen atoms in total. The Bertz CT molecular complexity index is 2410. The van der Waals surface area contributed by atoms with Crippen molar-refractivity contribution in [2.24, 2.45) is 11.3 Å². The largest absolute Gasteiger partial charge is 0.461 e. The maximum atomic E-state index is 17.6. The Hall–Kier alpha value is -3.99. The van der Waals surface area contributed by atoms with Crippen LogP contribution in [0.1, 0.15) is 75.5 Å². The van der Waals surface area contributed by atoms with Crippen LogP contribution in [0.4, 0.5) is 29.1 Å². The zero-order chi connectivity index (χ0) is 42.0. The Kier molecular flexibility index (Phi) is 8.75. The number of nitrogens with two attached hydrogens (primary N) is 1. The molecule has 2 N–H and O–H groups in total. The first-order valence-electron chi connectivity index (χ1n) is 21.4. The van der Waals surface area contributed by atoms with Crippen LogP contribution in [-0.2, 0) is 4.74 Å². The number of rotatable bonds is 8. The summed E-state index contributed by atoms with van der Waals surface area (Å²) in [6.45, 7) is 12.4. The van der Waals surface area contributed by atoms with Gasteiger partial charge in [-0.25, -0.2) is 17.6 Å². The van der Waals surface area contributed by atoms with E-state index in [-0.39, 0.29) is 76.3 Å². The predicted octanol–water partition coefficient (Wildman–Crippen LogP) is 8.79. The van der Waals surface area contributed by atoms with E-state index >= 15 is 13.2 Å². The molecule has 6 atom stereocenters. The van der Waals surface area contributed by atoms with Gasteiger partial charge in [0, 0.05) is 47.3 Å². The number of fused-ring (bicyclic) bond motifs is 4. The normalized spacial score (nSPS) is 29.1. The highest BCUT2D eigenvalue weighted by Crippen LogP contribution is 2.62. The summed E-state index contributed by atoms with van der Waals surface area (Å²) >= 11 is 0. The molecule has 5 aliphatic rings. The van der Waals surface area contributed by atoms with E-state index in [0.717, 1.165) is 6.42 Å². The molecule has 2 aromatic carbocycles. The summed E-state index contributed by atoms with van der Waals surface area (Å²) in [6, 6.07) is 5.15. The van der Waals surface area contributed by atoms with Gasteiger partial charge in [0.2, 0.25) is 0 Å². The number of nitrogen functional groups attached to an aromatic ring is 1. The summed E-state index contributed by atoms with van der Waals surface area (Å²) in [6.07, 6.45) is 1.05. The zero-order valence-corrected chi connectivity index (χ0v) is 34.4. The Labute approximate surface area is 335 Å². The highest BCUT2D eigenvalue weighted by atomic mass is 28.3. The lowest BCUT2D eigenvalue weighted by Gasteiger charge is -2.38. The molecule has 2 saturated carbocycles. The van der Waals surface area contributed by atoms with E-state index in [9.17, 15) is 7.13 Å². The van der Waals surface area contributed by atoms with E-state index in [1.165, 1.54) is 12.3 Å². The topological polar surface area (TPSA) is 89.6 Å². The lowest BCUT2D eigenvalue weighted by Crippen LogP contribution is -2.43. The molecule has 0 amide bonds. The van der Waals surface area contributed by atoms with Crippen molar-refractivity contribution in [1.29, 1.82) is 0 Å². The number of ether oxygens (including phenoxy) is 2. The Morgan fingerprint density at radius 1 is 1.09 bits per heavy atom. The maximum Gasteiger partial charge on any atom is 0.319 e. The fourth-order valence-electron chi connectivity index (χ4n) is 10.9. The molecule has 9 rings (SSSR count). The molecule has 2 aliphatic carbocycles. The molecule has 4 aromatic rings. The first kappa shape index (κ1) is 36.1. The summed E-state index contributed by atoms with van der Waals surface area (Å²) < 4.78 is 94.4. The van der Waals surface area contributed by atoms with Crippen LogP contribution in [0.2, 0.25) is 16.6 Å². The third-order valence-corrected chi connectivity index (χ3v) is 20.2. The van der Waals surface area contributed by atoms with Crippen LogP contribution in [0.3, 0.4) is 0 Å². The predicted molar refractivity (Wildman–Crippen MR) is 218 cm³/mol. The first-order chi connectivity index (χ1) is 27.9. The van der Waals surface area contributed by atoms with Crippen molar-refractivity contribution in [3.63, 3.8) is 0 Å². The van der Waals surface area contributed by atoms with Crippen molar-refractivity contribution >= 4 is 41.3 Å². The molecule has 3 aliphatic heterocycles. The second-order valence-electron chi connectivity index (χ2n) is 18.1. The number of pyridine rings is 1. The number of halogens is 4. The van der Waals surface area contributed by atoms with Gasteiger partial charge in [-0.05, 0) is 72.4 Å². The number of hydrogen-bond acceptors (Lipinski definition) is 8. The molecule has 57 heavy (non-hydrogen) atoms. The zero-order valence-electron chi connectivity index (χ0n) is 35.4. The van der Waals surface area contributed by atoms with Gasteiger partial charge in [-0.3, -0.25) is 9.88 Å². The molecular weight excluding hydrogens is 749 g/mol. The van der Waals surface area contributed by atoms with E-state index in [4.69, 9.17) is 15.2 Å². The quantitative estimate of drug-likeness (QED) is 0.0819. The Morgan fingerprint density at radius 3 is 2.56 bits per heavy atom. The summed E-state index contributed by atoms with van der Waals surface area (Å²) in [5, 5.41) is 1.07. The van der Waals surface area contributed by atoms with E-state index in [2.05, 4.69) is 68.0 Å². The molecule has 0 radical (unpaired) electrons. The molecule has 1 spiro atoms. The average Bonchev–Trinajstić information content (AvgIpc) is 3.90. The van der Waals surface area contributed by atoms with Crippen LogP contribution >= 0.6 is 0 Å². The van der Waals surface area contributed by atoms with E-state index in [1.807, 2.05) is 4.90 Å². The molecule has 0 bridgehead atoms. The van der Waals surface area contributed by atoms with Crippen LogP contribution in [0.25, 0.3) is 32.9 Å². The average molecular weight is 803 g/mol. The van der Waals surface area contributed by atoms with E-state index in [1.54, 1.807) is 23.1 Å². The van der Waals surface area contributed by atoms with E-state index in [0.29, 0.717) is 42.4 Å². The number of benzene rings is 2. The highest BCUT2D eigenvalue weighted by molar-refractivity contribution is 6.90. The van der Waals surface area contributed by atoms with Crippen LogP contribution in [0, 0.1) is 34.4 Å². The van der Waals surface area contributed by atoms with Crippen molar-refractivity contribution in [2.45, 2.75) is 108 Å². The third kappa shape index (κ3) is 6.10. The molecule has 2 aromatic heterocycles. The summed E-state index contributed by atoms with van der Waals surface area (Å²) in [5.41, 5.74) is 9.41. The third-order valence-electron chi connectivity index (χ3n) is 13.9. The van der Waals surface area contributed by atoms with Gasteiger partial charge in [0.25, 0.3) is 0 Å². The minimum absolute atomic E-state index is 0.123. The van der Waals surface area contributed by atoms with Gasteiger partial charge in [0.05, 0.1) is 38.5 Å². The van der Waals surface area contributed by atoms with Gasteiger partial charge in [-0.15, -0.1) is 5.54 Å². The molecule has 3 saturated heterocycles. The minimum Gasteiger partial charge on any atom is -0.461 e. The molecule has 5 heterocycles. The first-order valence-corrected chi connectivity index (χ1v) is 22.7. The van der Waals surface area contributed by atoms with Gasteiger partial charge < -0.3 is 20.1 Å². The fourth-order valence-corrected chi connectivity index (χ4v) is 16.1. The smallest absolute Gasteiger partial charge is 0.319 e. The van der Waals surface area contributed by atoms with E-state index < -0.39 is 67.5 Å². The second kappa shape index (κ2) is 13.8. The van der Waals surface area contributed by atoms with Gasteiger partial charge in [-0.1, -0.05) is 53.5 Å². The minimum atomic E-state index is -2.39. The maximum absolute atomic E-state index is 17.6. The van der Waals surface area contributed by atoms with Crippen molar-refractivity contribution in [3.8, 4) is 28.7 Å². The SMILES string of the molecule is [2H]C([2H])(Oc1nc(N2CCOC[C@H]3[C@H](F)[C@H]32)c2cnc(-c3cc(N)cc4ccc(F)c(C#C[Si](C(C)C)(C(C)C)C(C)C)c34)c(F)c2n1)[C@@]12CCCN1C[C@]1(C[C@H]1F)C2. The number of nitrogens with zero attached hydrogens (tertiary/aromatic N) is 5. The number of aromatic nitrogens is 3. The standard InChI is InChI=1S/C44H52F4N6O2Si/c1-24(2)57(25(3)4,26(5)6)15-10-29-33(45)9-8-27-16-28(49)17-30(35(27)29)38-37(48)39-31(19-50-38)41(54-13-14-55-20-32-36(47)40(32)54)52-42(51-39)56-23-44-11-7-12-53(44)22-43(21-44)18-34(43)46/h8-9,16-17,19,24-26,32,34,36,40H,7,11-14,18,20-23,49H2,1-6H3/t32-,34+,36-,40-,43-,44-/m0/s1/i23D2. The van der Waals surface area contributed by atoms with Gasteiger partial charge in [0.15, 0.2) is 5.82 Å². The molecule has 0 unspecified atom stereocenters. The fraction of sp³-hybridized carbons (Fsp3) is 0.568. The van der Waals surface area contributed by atoms with Crippen LogP contribution < -0.4 is 15.4 Å². The van der Waals surface area contributed by atoms with Crippen molar-refractivity contribution in [1.82, 2.24) is 19.9 Å². The lowest BCUT2D eigenvalue weighted by molar-refractivity contribution is 0.107. The van der Waals surface area contributed by atoms with Crippen molar-refractivity contribution in [2.75, 3.05) is 50.0 Å². The number of anilines is 2. The molecule has 13 heteroatoms. The summed E-state index contributed by atoms with van der Waals surface area (Å²) in [4.78, 5) is 17.6.